The van der Waals surface area contributed by atoms with E-state index in [1.807, 2.05) is 0 Å². The van der Waals surface area contributed by atoms with Crippen LogP contribution in [0.1, 0.15) is 26.3 Å². The first-order chi connectivity index (χ1) is 11.2. The van der Waals surface area contributed by atoms with Crippen LogP contribution in [0.25, 0.3) is 6.08 Å². The minimum atomic E-state index is -1.43. The Hall–Kier alpha value is -2.32. The van der Waals surface area contributed by atoms with Crippen molar-refractivity contribution in [1.29, 1.82) is 0 Å². The summed E-state index contributed by atoms with van der Waals surface area (Å²) in [5.41, 5.74) is -0.450. The number of ketones is 1. The Morgan fingerprint density at radius 1 is 0.917 bits per heavy atom. The van der Waals surface area contributed by atoms with Gasteiger partial charge in [0.05, 0.1) is 10.0 Å². The predicted molar refractivity (Wildman–Crippen MR) is 93.6 cm³/mol. The number of phenols is 3. The minimum Gasteiger partial charge on any atom is -0.507 e. The molecule has 2 aromatic carbocycles. The highest BCUT2D eigenvalue weighted by atomic mass is 79.9. The molecular weight excluding hydrogens is 448 g/mol. The van der Waals surface area contributed by atoms with Gasteiger partial charge in [-0.1, -0.05) is 15.9 Å². The number of halogens is 2. The molecule has 0 fully saturated rings. The third-order valence-corrected chi connectivity index (χ3v) is 4.14. The molecule has 0 unspecified atom stereocenters. The minimum absolute atomic E-state index is 0.0802. The molecule has 124 valence electrons. The Bertz CT molecular complexity index is 873. The summed E-state index contributed by atoms with van der Waals surface area (Å²) in [6, 6.07) is 4.87. The van der Waals surface area contributed by atoms with Gasteiger partial charge in [-0.15, -0.1) is 0 Å². The summed E-state index contributed by atoms with van der Waals surface area (Å²) in [6.45, 7) is 0. The molecule has 4 N–H and O–H groups in total. The van der Waals surface area contributed by atoms with Crippen LogP contribution in [0.15, 0.2) is 39.3 Å². The molecule has 6 nitrogen and oxygen atoms in total. The van der Waals surface area contributed by atoms with Crippen LogP contribution in [0.4, 0.5) is 0 Å². The molecule has 0 heterocycles. The second-order valence-corrected chi connectivity index (χ2v) is 6.48. The Labute approximate surface area is 152 Å². The smallest absolute Gasteiger partial charge is 0.339 e. The summed E-state index contributed by atoms with van der Waals surface area (Å²) < 4.78 is 1.09. The van der Waals surface area contributed by atoms with E-state index in [4.69, 9.17) is 5.11 Å². The lowest BCUT2D eigenvalue weighted by atomic mass is 10.0. The Kier molecular flexibility index (Phi) is 5.30. The van der Waals surface area contributed by atoms with E-state index in [1.54, 1.807) is 12.1 Å². The number of benzene rings is 2. The molecule has 0 aliphatic heterocycles. The van der Waals surface area contributed by atoms with E-state index >= 15 is 0 Å². The van der Waals surface area contributed by atoms with Crippen molar-refractivity contribution < 1.29 is 30.0 Å². The van der Waals surface area contributed by atoms with Crippen LogP contribution < -0.4 is 0 Å². The van der Waals surface area contributed by atoms with Crippen molar-refractivity contribution in [3.63, 3.8) is 0 Å². The number of phenolic OH excluding ortho intramolecular Hbond substituents is 2. The first kappa shape index (κ1) is 18.0. The third kappa shape index (κ3) is 3.77. The standard InChI is InChI=1S/C16H10Br2O6/c17-8-3-7(15(22)11(18)4-8)1-2-12(19)9-5-10(16(23)24)14(21)6-13(9)20/h1-6,20-22H,(H,23,24)/b2-1+. The van der Waals surface area contributed by atoms with Crippen LogP contribution in [0.3, 0.4) is 0 Å². The fourth-order valence-corrected chi connectivity index (χ4v) is 3.17. The first-order valence-electron chi connectivity index (χ1n) is 6.40. The van der Waals surface area contributed by atoms with E-state index in [1.165, 1.54) is 6.08 Å². The average Bonchev–Trinajstić information content (AvgIpc) is 2.48. The Morgan fingerprint density at radius 2 is 1.54 bits per heavy atom. The van der Waals surface area contributed by atoms with Crippen molar-refractivity contribution >= 4 is 49.7 Å². The molecule has 8 heteroatoms. The molecule has 0 aromatic heterocycles. The van der Waals surface area contributed by atoms with Gasteiger partial charge in [-0.2, -0.15) is 0 Å². The SMILES string of the molecule is O=C(O)c1cc(C(=O)/C=C/c2cc(Br)cc(Br)c2O)c(O)cc1O. The zero-order valence-electron chi connectivity index (χ0n) is 11.8. The molecule has 0 atom stereocenters. The van der Waals surface area contributed by atoms with Crippen LogP contribution in [-0.2, 0) is 0 Å². The first-order valence-corrected chi connectivity index (χ1v) is 7.99. The highest BCUT2D eigenvalue weighted by molar-refractivity contribution is 9.11. The Balaban J connectivity index is 2.40. The van der Waals surface area contributed by atoms with Crippen LogP contribution >= 0.6 is 31.9 Å². The molecular formula is C16H10Br2O6. The fourth-order valence-electron chi connectivity index (χ4n) is 1.91. The van der Waals surface area contributed by atoms with Crippen LogP contribution in [0.2, 0.25) is 0 Å². The average molecular weight is 458 g/mol. The number of carboxylic acid groups (broad SMARTS) is 1. The van der Waals surface area contributed by atoms with Gasteiger partial charge < -0.3 is 20.4 Å². The molecule has 24 heavy (non-hydrogen) atoms. The van der Waals surface area contributed by atoms with Crippen LogP contribution in [-0.4, -0.2) is 32.2 Å². The predicted octanol–water partition coefficient (Wildman–Crippen LogP) is 3.92. The monoisotopic (exact) mass is 456 g/mol. The molecule has 2 aromatic rings. The number of carbonyl (C=O) groups excluding carboxylic acids is 1. The summed E-state index contributed by atoms with van der Waals surface area (Å²) >= 11 is 6.41. The van der Waals surface area contributed by atoms with Crippen molar-refractivity contribution in [2.75, 3.05) is 0 Å². The number of hydrogen-bond acceptors (Lipinski definition) is 5. The second-order valence-electron chi connectivity index (χ2n) is 4.71. The topological polar surface area (TPSA) is 115 Å². The quantitative estimate of drug-likeness (QED) is 0.408. The molecule has 0 radical (unpaired) electrons. The maximum Gasteiger partial charge on any atom is 0.339 e. The van der Waals surface area contributed by atoms with Crippen LogP contribution in [0.5, 0.6) is 17.2 Å². The number of rotatable bonds is 4. The molecule has 0 saturated carbocycles. The molecule has 0 aliphatic carbocycles. The Morgan fingerprint density at radius 3 is 2.17 bits per heavy atom. The number of aromatic hydroxyl groups is 3. The highest BCUT2D eigenvalue weighted by Crippen LogP contribution is 2.33. The summed E-state index contributed by atoms with van der Waals surface area (Å²) in [6.07, 6.45) is 2.39. The summed E-state index contributed by atoms with van der Waals surface area (Å²) in [7, 11) is 0. The van der Waals surface area contributed by atoms with Gasteiger partial charge in [-0.25, -0.2) is 4.79 Å². The van der Waals surface area contributed by atoms with Gasteiger partial charge in [0.2, 0.25) is 0 Å². The number of aromatic carboxylic acids is 1. The van der Waals surface area contributed by atoms with Gasteiger partial charge in [0, 0.05) is 16.1 Å². The zero-order valence-corrected chi connectivity index (χ0v) is 15.0. The number of hydrogen-bond donors (Lipinski definition) is 4. The van der Waals surface area contributed by atoms with Gasteiger partial charge in [0.15, 0.2) is 5.78 Å². The van der Waals surface area contributed by atoms with Gasteiger partial charge in [-0.05, 0) is 46.3 Å². The number of carboxylic acids is 1. The molecule has 0 saturated heterocycles. The maximum atomic E-state index is 12.2. The lowest BCUT2D eigenvalue weighted by Crippen LogP contribution is -2.02. The van der Waals surface area contributed by atoms with E-state index in [0.717, 1.165) is 18.2 Å². The number of carbonyl (C=O) groups is 2. The highest BCUT2D eigenvalue weighted by Gasteiger charge is 2.17. The van der Waals surface area contributed by atoms with Gasteiger partial charge in [0.25, 0.3) is 0 Å². The van der Waals surface area contributed by atoms with Crippen molar-refractivity contribution in [1.82, 2.24) is 0 Å². The molecule has 0 spiro atoms. The van der Waals surface area contributed by atoms with E-state index in [2.05, 4.69) is 31.9 Å². The maximum absolute atomic E-state index is 12.2. The zero-order chi connectivity index (χ0) is 18.0. The summed E-state index contributed by atoms with van der Waals surface area (Å²) in [5.74, 6) is -3.39. The molecule has 0 aliphatic rings. The van der Waals surface area contributed by atoms with Crippen molar-refractivity contribution in [2.24, 2.45) is 0 Å². The van der Waals surface area contributed by atoms with E-state index in [9.17, 15) is 24.9 Å². The van der Waals surface area contributed by atoms with E-state index < -0.39 is 28.8 Å². The van der Waals surface area contributed by atoms with Gasteiger partial charge >= 0.3 is 5.97 Å². The lowest BCUT2D eigenvalue weighted by molar-refractivity contribution is 0.0693. The number of allylic oxidation sites excluding steroid dienone is 1. The largest absolute Gasteiger partial charge is 0.507 e. The van der Waals surface area contributed by atoms with Gasteiger partial charge in [-0.3, -0.25) is 4.79 Å². The van der Waals surface area contributed by atoms with E-state index in [0.29, 0.717) is 14.5 Å². The fraction of sp³-hybridized carbons (Fsp3) is 0. The third-order valence-electron chi connectivity index (χ3n) is 3.08. The summed E-state index contributed by atoms with van der Waals surface area (Å²) in [5, 5.41) is 38.1. The second kappa shape index (κ2) is 7.06. The van der Waals surface area contributed by atoms with Crippen molar-refractivity contribution in [3.8, 4) is 17.2 Å². The molecule has 0 amide bonds. The van der Waals surface area contributed by atoms with Crippen LogP contribution in [0, 0.1) is 0 Å². The summed E-state index contributed by atoms with van der Waals surface area (Å²) in [4.78, 5) is 23.2. The molecule has 2 rings (SSSR count). The van der Waals surface area contributed by atoms with Crippen molar-refractivity contribution in [3.05, 3.63) is 56.0 Å². The normalized spacial score (nSPS) is 10.9. The van der Waals surface area contributed by atoms with Gasteiger partial charge in [0.1, 0.15) is 22.8 Å². The molecule has 0 bridgehead atoms. The van der Waals surface area contributed by atoms with E-state index in [-0.39, 0.29) is 11.3 Å². The van der Waals surface area contributed by atoms with Crippen molar-refractivity contribution in [2.45, 2.75) is 0 Å². The lowest BCUT2D eigenvalue weighted by Gasteiger charge is -2.06.